The Hall–Kier alpha value is -5.16. The van der Waals surface area contributed by atoms with Gasteiger partial charge in [-0.3, -0.25) is 18.7 Å². The van der Waals surface area contributed by atoms with Gasteiger partial charge in [0.2, 0.25) is 0 Å². The lowest BCUT2D eigenvalue weighted by Crippen LogP contribution is -2.37. The second-order valence-electron chi connectivity index (χ2n) is 17.4. The number of nitrogens with zero attached hydrogens (tertiary/aromatic N) is 8. The molecule has 4 aromatic heterocycles. The van der Waals surface area contributed by atoms with Crippen molar-refractivity contribution in [3.05, 3.63) is 114 Å². The molecule has 0 radical (unpaired) electrons. The van der Waals surface area contributed by atoms with Gasteiger partial charge in [-0.1, -0.05) is 10.3 Å². The number of halogens is 2. The molecule has 0 saturated carbocycles. The van der Waals surface area contributed by atoms with Crippen LogP contribution in [0.25, 0.3) is 21.9 Å². The maximum absolute atomic E-state index is 13.4. The zero-order valence-corrected chi connectivity index (χ0v) is 35.4. The SMILES string of the molecule is Cc1nc2n(c(=O)c1CCN1CCC(c3noc4cc(F)ccc34)CC1)CCC[C@H]2O.Cc1nc2n(c(=O)c1CCN1CCC(c3noc4cc(F)ccc34)CC1)CCC[C@H]2O. The molecule has 328 valence electrons. The first-order valence-corrected chi connectivity index (χ1v) is 22.1. The maximum atomic E-state index is 13.4. The lowest BCUT2D eigenvalue weighted by atomic mass is 9.91. The van der Waals surface area contributed by atoms with E-state index < -0.39 is 12.2 Å². The summed E-state index contributed by atoms with van der Waals surface area (Å²) in [6.45, 7) is 10.3. The average molecular weight is 853 g/mol. The minimum Gasteiger partial charge on any atom is -0.385 e. The van der Waals surface area contributed by atoms with E-state index in [1.165, 1.54) is 24.3 Å². The molecule has 2 fully saturated rings. The van der Waals surface area contributed by atoms with Crippen LogP contribution < -0.4 is 11.1 Å². The molecule has 0 spiro atoms. The quantitative estimate of drug-likeness (QED) is 0.179. The predicted molar refractivity (Wildman–Crippen MR) is 227 cm³/mol. The standard InChI is InChI=1S/2C23H27FN4O3/c2*1-14-17(23(30)28-9-2-3-19(29)22(28)25-14)8-12-27-10-6-15(7-11-27)21-18-5-4-16(24)13-20(18)31-26-21/h2*4-5,13,15,19,29H,2-3,6-12H2,1H3/t2*19-/m11/s1. The van der Waals surface area contributed by atoms with Crippen molar-refractivity contribution in [3.63, 3.8) is 0 Å². The van der Waals surface area contributed by atoms with Gasteiger partial charge in [-0.05, 0) is 129 Å². The first kappa shape index (κ1) is 42.2. The van der Waals surface area contributed by atoms with Gasteiger partial charge < -0.3 is 29.1 Å². The highest BCUT2D eigenvalue weighted by Crippen LogP contribution is 2.34. The monoisotopic (exact) mass is 852 g/mol. The molecule has 62 heavy (non-hydrogen) atoms. The number of aliphatic hydroxyl groups is 2. The lowest BCUT2D eigenvalue weighted by molar-refractivity contribution is 0.129. The second-order valence-corrected chi connectivity index (χ2v) is 17.4. The summed E-state index contributed by atoms with van der Waals surface area (Å²) in [5.74, 6) is 0.977. The minimum absolute atomic E-state index is 0.00237. The van der Waals surface area contributed by atoms with Gasteiger partial charge in [0.25, 0.3) is 11.1 Å². The zero-order valence-electron chi connectivity index (χ0n) is 35.4. The highest BCUT2D eigenvalue weighted by atomic mass is 19.1. The molecular weight excluding hydrogens is 799 g/mol. The normalized spacial score (nSPS) is 20.3. The van der Waals surface area contributed by atoms with Gasteiger partial charge in [0.15, 0.2) is 11.2 Å². The van der Waals surface area contributed by atoms with Gasteiger partial charge >= 0.3 is 0 Å². The Morgan fingerprint density at radius 2 is 1.02 bits per heavy atom. The van der Waals surface area contributed by atoms with Crippen LogP contribution in [0.4, 0.5) is 8.78 Å². The molecule has 2 aromatic carbocycles. The molecule has 16 heteroatoms. The summed E-state index contributed by atoms with van der Waals surface area (Å²) >= 11 is 0. The van der Waals surface area contributed by atoms with Gasteiger partial charge in [-0.25, -0.2) is 18.7 Å². The van der Waals surface area contributed by atoms with Crippen LogP contribution in [0.1, 0.15) is 121 Å². The molecule has 2 atom stereocenters. The third-order valence-electron chi connectivity index (χ3n) is 13.5. The van der Waals surface area contributed by atoms with Crippen LogP contribution in [0.5, 0.6) is 0 Å². The van der Waals surface area contributed by atoms with Crippen molar-refractivity contribution >= 4 is 21.9 Å². The molecule has 8 heterocycles. The van der Waals surface area contributed by atoms with Crippen LogP contribution in [-0.2, 0) is 25.9 Å². The molecule has 2 saturated heterocycles. The van der Waals surface area contributed by atoms with E-state index in [-0.39, 0.29) is 22.8 Å². The zero-order chi connectivity index (χ0) is 43.1. The number of rotatable bonds is 8. The van der Waals surface area contributed by atoms with Crippen molar-refractivity contribution in [2.24, 2.45) is 0 Å². The van der Waals surface area contributed by atoms with E-state index in [1.807, 2.05) is 13.8 Å². The van der Waals surface area contributed by atoms with E-state index in [1.54, 1.807) is 21.3 Å². The Bertz CT molecular complexity index is 2510. The van der Waals surface area contributed by atoms with E-state index >= 15 is 0 Å². The molecule has 10 rings (SSSR count). The molecule has 14 nitrogen and oxygen atoms in total. The Balaban J connectivity index is 0.000000158. The van der Waals surface area contributed by atoms with Crippen molar-refractivity contribution in [2.45, 2.75) is 115 Å². The predicted octanol–water partition coefficient (Wildman–Crippen LogP) is 6.16. The van der Waals surface area contributed by atoms with E-state index in [0.29, 0.717) is 73.4 Å². The van der Waals surface area contributed by atoms with E-state index in [2.05, 4.69) is 30.1 Å². The molecule has 4 aliphatic heterocycles. The van der Waals surface area contributed by atoms with Gasteiger partial charge in [0.05, 0.1) is 11.4 Å². The van der Waals surface area contributed by atoms with Crippen LogP contribution in [0.2, 0.25) is 0 Å². The molecule has 0 aliphatic carbocycles. The van der Waals surface area contributed by atoms with Crippen molar-refractivity contribution in [1.29, 1.82) is 0 Å². The van der Waals surface area contributed by atoms with Crippen LogP contribution in [0.3, 0.4) is 0 Å². The van der Waals surface area contributed by atoms with Crippen molar-refractivity contribution in [1.82, 2.24) is 39.2 Å². The average Bonchev–Trinajstić information content (AvgIpc) is 3.89. The summed E-state index contributed by atoms with van der Waals surface area (Å²) in [6.07, 6.45) is 6.76. The highest BCUT2D eigenvalue weighted by Gasteiger charge is 2.29. The highest BCUT2D eigenvalue weighted by molar-refractivity contribution is 5.80. The van der Waals surface area contributed by atoms with Gasteiger partial charge in [-0.2, -0.15) is 0 Å². The topological polar surface area (TPSA) is 169 Å². The van der Waals surface area contributed by atoms with Gasteiger partial charge in [-0.15, -0.1) is 0 Å². The van der Waals surface area contributed by atoms with Gasteiger partial charge in [0, 0.05) is 83.4 Å². The largest absolute Gasteiger partial charge is 0.385 e. The van der Waals surface area contributed by atoms with Crippen LogP contribution >= 0.6 is 0 Å². The lowest BCUT2D eigenvalue weighted by Gasteiger charge is -2.31. The number of aromatic nitrogens is 6. The molecule has 0 unspecified atom stereocenters. The van der Waals surface area contributed by atoms with Crippen molar-refractivity contribution < 1.29 is 28.0 Å². The molecule has 2 N–H and O–H groups in total. The van der Waals surface area contributed by atoms with Gasteiger partial charge in [0.1, 0.15) is 35.5 Å². The Kier molecular flexibility index (Phi) is 12.2. The number of aliphatic hydroxyl groups excluding tert-OH is 2. The number of fused-ring (bicyclic) bond motifs is 4. The van der Waals surface area contributed by atoms with E-state index in [4.69, 9.17) is 9.05 Å². The molecule has 0 amide bonds. The van der Waals surface area contributed by atoms with Crippen LogP contribution in [0, 0.1) is 25.5 Å². The summed E-state index contributed by atoms with van der Waals surface area (Å²) in [7, 11) is 0. The van der Waals surface area contributed by atoms with Crippen molar-refractivity contribution in [2.75, 3.05) is 39.3 Å². The number of aryl methyl sites for hydroxylation is 2. The fraction of sp³-hybridized carbons (Fsp3) is 0.522. The van der Waals surface area contributed by atoms with Crippen molar-refractivity contribution in [3.8, 4) is 0 Å². The number of benzene rings is 2. The summed E-state index contributed by atoms with van der Waals surface area (Å²) < 4.78 is 40.8. The summed E-state index contributed by atoms with van der Waals surface area (Å²) in [6, 6.07) is 9.16. The van der Waals surface area contributed by atoms with E-state index in [0.717, 1.165) is 122 Å². The molecule has 6 aromatic rings. The number of piperidine rings is 2. The minimum atomic E-state index is -0.641. The summed E-state index contributed by atoms with van der Waals surface area (Å²) in [4.78, 5) is 39.8. The first-order valence-electron chi connectivity index (χ1n) is 22.1. The number of hydrogen-bond acceptors (Lipinski definition) is 12. The van der Waals surface area contributed by atoms with E-state index in [9.17, 15) is 28.6 Å². The third-order valence-corrected chi connectivity index (χ3v) is 13.5. The summed E-state index contributed by atoms with van der Waals surface area (Å²) in [5.41, 5.74) is 5.80. The summed E-state index contributed by atoms with van der Waals surface area (Å²) in [5, 5.41) is 30.5. The first-order chi connectivity index (χ1) is 30.0. The Morgan fingerprint density at radius 1 is 0.613 bits per heavy atom. The smallest absolute Gasteiger partial charge is 0.257 e. The fourth-order valence-electron chi connectivity index (χ4n) is 9.95. The maximum Gasteiger partial charge on any atom is 0.257 e. The number of hydrogen-bond donors (Lipinski definition) is 2. The fourth-order valence-corrected chi connectivity index (χ4v) is 9.95. The molecular formula is C46H54F2N8O6. The van der Waals surface area contributed by atoms with Crippen LogP contribution in [-0.4, -0.2) is 88.7 Å². The molecule has 4 aliphatic rings. The second kappa shape index (κ2) is 17.9. The Labute approximate surface area is 357 Å². The molecule has 0 bridgehead atoms. The Morgan fingerprint density at radius 3 is 1.42 bits per heavy atom. The van der Waals surface area contributed by atoms with Crippen LogP contribution in [0.15, 0.2) is 55.0 Å². The number of likely N-dealkylation sites (tertiary alicyclic amines) is 2. The third kappa shape index (κ3) is 8.49.